The van der Waals surface area contributed by atoms with E-state index in [1.165, 1.54) is 143 Å². The highest BCUT2D eigenvalue weighted by molar-refractivity contribution is 9.10. The van der Waals surface area contributed by atoms with Crippen molar-refractivity contribution in [3.63, 3.8) is 0 Å². The van der Waals surface area contributed by atoms with Crippen LogP contribution in [0.4, 0.5) is 13.2 Å². The fourth-order valence-corrected chi connectivity index (χ4v) is 6.96. The van der Waals surface area contributed by atoms with Crippen LogP contribution < -0.4 is 10.4 Å². The normalized spacial score (nSPS) is 13.1. The number of halogens is 6. The van der Waals surface area contributed by atoms with Gasteiger partial charge in [0, 0.05) is 29.5 Å². The van der Waals surface area contributed by atoms with Crippen LogP contribution in [-0.4, -0.2) is 67.5 Å². The van der Waals surface area contributed by atoms with Gasteiger partial charge in [-0.15, -0.1) is 0 Å². The summed E-state index contributed by atoms with van der Waals surface area (Å²) in [5.74, 6) is -1.40. The van der Waals surface area contributed by atoms with E-state index in [1.54, 1.807) is 6.07 Å². The summed E-state index contributed by atoms with van der Waals surface area (Å²) in [5, 5.41) is 11.1. The summed E-state index contributed by atoms with van der Waals surface area (Å²) in [5.41, 5.74) is -3.01. The molecule has 3 rings (SSSR count). The molecule has 2 unspecified atom stereocenters. The number of aryl methyl sites for hydroxylation is 2. The number of imidazole rings is 1. The average molecular weight is 793 g/mol. The van der Waals surface area contributed by atoms with Gasteiger partial charge in [-0.1, -0.05) is 100.0 Å². The minimum atomic E-state index is -4.98. The first-order chi connectivity index (χ1) is 21.1. The second-order valence-electron chi connectivity index (χ2n) is 12.4. The maximum atomic E-state index is 14.1. The highest BCUT2D eigenvalue weighted by Crippen LogP contribution is 2.50. The minimum absolute atomic E-state index is 0. The number of benzene rings is 2. The van der Waals surface area contributed by atoms with Crippen LogP contribution in [0.5, 0.6) is 0 Å². The topological polar surface area (TPSA) is 142 Å². The molecule has 49 heavy (non-hydrogen) atoms. The van der Waals surface area contributed by atoms with Gasteiger partial charge in [-0.3, -0.25) is 9.13 Å². The number of alkyl halides is 3. The Kier molecular flexibility index (Phi) is 23.8. The van der Waals surface area contributed by atoms with Crippen LogP contribution in [0.25, 0.3) is 11.0 Å². The summed E-state index contributed by atoms with van der Waals surface area (Å²) in [4.78, 5) is 12.1. The molecular formula is C35H59BrClF4N3O5. The second-order valence-corrected chi connectivity index (χ2v) is 13.7. The number of quaternary nitrogens is 1. The lowest BCUT2D eigenvalue weighted by Gasteiger charge is -2.39. The van der Waals surface area contributed by atoms with E-state index in [-0.39, 0.29) is 43.0 Å². The van der Waals surface area contributed by atoms with Gasteiger partial charge in [0.05, 0.1) is 37.2 Å². The highest BCUT2D eigenvalue weighted by Gasteiger charge is 2.59. The number of nitrogens with zero attached hydrogens (tertiary/aromatic N) is 3. The van der Waals surface area contributed by atoms with Crippen LogP contribution in [0, 0.1) is 0 Å². The SMILES string of the molecule is CC(c1ccc(Br)cc1Cl)C(O)(c1ccc2c(c1)n(C)c(=O)n2C)C(F)(F)F.CCCC[N+](CCCC)(CCCC)CCCC.O.O.O.[F-]. The Labute approximate surface area is 302 Å². The molecule has 2 atom stereocenters. The Hall–Kier alpha value is -2.00. The third-order valence-corrected chi connectivity index (χ3v) is 9.96. The number of hydrogen-bond acceptors (Lipinski definition) is 2. The van der Waals surface area contributed by atoms with Crippen LogP contribution in [0.2, 0.25) is 5.02 Å². The average Bonchev–Trinajstić information content (AvgIpc) is 3.22. The van der Waals surface area contributed by atoms with E-state index < -0.39 is 17.7 Å². The zero-order valence-electron chi connectivity index (χ0n) is 30.0. The Morgan fingerprint density at radius 3 is 1.61 bits per heavy atom. The largest absolute Gasteiger partial charge is 1.00 e. The van der Waals surface area contributed by atoms with Crippen LogP contribution in [0.15, 0.2) is 45.7 Å². The first kappa shape index (κ1) is 51.4. The Morgan fingerprint density at radius 2 is 1.22 bits per heavy atom. The van der Waals surface area contributed by atoms with Crippen molar-refractivity contribution in [2.45, 2.75) is 104 Å². The quantitative estimate of drug-likeness (QED) is 0.180. The van der Waals surface area contributed by atoms with Gasteiger partial charge < -0.3 is 30.7 Å². The molecule has 3 aromatic rings. The number of unbranched alkanes of at least 4 members (excludes halogenated alkanes) is 4. The molecule has 0 fully saturated rings. The summed E-state index contributed by atoms with van der Waals surface area (Å²) in [6.45, 7) is 16.3. The molecule has 1 heterocycles. The molecule has 0 aliphatic carbocycles. The van der Waals surface area contributed by atoms with E-state index in [9.17, 15) is 23.1 Å². The highest BCUT2D eigenvalue weighted by atomic mass is 79.9. The van der Waals surface area contributed by atoms with Gasteiger partial charge >= 0.3 is 11.9 Å². The summed E-state index contributed by atoms with van der Waals surface area (Å²) in [6, 6.07) is 8.29. The minimum Gasteiger partial charge on any atom is -1.00 e. The van der Waals surface area contributed by atoms with Crippen LogP contribution >= 0.6 is 27.5 Å². The first-order valence-corrected chi connectivity index (χ1v) is 17.6. The fourth-order valence-electron chi connectivity index (χ4n) is 6.13. The van der Waals surface area contributed by atoms with Gasteiger partial charge in [0.15, 0.2) is 5.60 Å². The lowest BCUT2D eigenvalue weighted by atomic mass is 9.77. The van der Waals surface area contributed by atoms with Crippen molar-refractivity contribution in [3.8, 4) is 0 Å². The molecule has 0 saturated carbocycles. The van der Waals surface area contributed by atoms with Gasteiger partial charge in [-0.05, 0) is 61.1 Å². The molecule has 2 aromatic carbocycles. The maximum absolute atomic E-state index is 14.1. The Morgan fingerprint density at radius 1 is 0.796 bits per heavy atom. The Balaban J connectivity index is -0.000000887. The molecule has 0 bridgehead atoms. The van der Waals surface area contributed by atoms with E-state index in [0.717, 1.165) is 0 Å². The van der Waals surface area contributed by atoms with Crippen molar-refractivity contribution in [2.24, 2.45) is 14.1 Å². The maximum Gasteiger partial charge on any atom is 0.422 e. The van der Waals surface area contributed by atoms with E-state index in [0.29, 0.717) is 15.5 Å². The fraction of sp³-hybridized carbons (Fsp3) is 0.629. The molecule has 0 radical (unpaired) electrons. The number of aliphatic hydroxyl groups is 1. The summed E-state index contributed by atoms with van der Waals surface area (Å²) in [7, 11) is 3.00. The van der Waals surface area contributed by atoms with Gasteiger partial charge in [0.25, 0.3) is 0 Å². The van der Waals surface area contributed by atoms with E-state index >= 15 is 0 Å². The molecule has 0 aliphatic rings. The predicted octanol–water partition coefficient (Wildman–Crippen LogP) is 4.38. The van der Waals surface area contributed by atoms with Gasteiger partial charge in [-0.2, -0.15) is 13.2 Å². The molecule has 8 nitrogen and oxygen atoms in total. The molecule has 0 saturated heterocycles. The third kappa shape index (κ3) is 12.3. The number of rotatable bonds is 15. The third-order valence-electron chi connectivity index (χ3n) is 9.14. The molecule has 1 aromatic heterocycles. The van der Waals surface area contributed by atoms with Gasteiger partial charge in [0.1, 0.15) is 0 Å². The van der Waals surface area contributed by atoms with E-state index in [4.69, 9.17) is 11.6 Å². The molecule has 14 heteroatoms. The predicted molar refractivity (Wildman–Crippen MR) is 196 cm³/mol. The summed E-state index contributed by atoms with van der Waals surface area (Å²) >= 11 is 9.38. The molecule has 286 valence electrons. The van der Waals surface area contributed by atoms with Crippen molar-refractivity contribution in [3.05, 3.63) is 67.5 Å². The zero-order chi connectivity index (χ0) is 34.0. The standard InChI is InChI=1S/C19H17BrClF3N2O2.C16H36N.FH.3H2O/c1-10(13-6-5-12(20)9-14(13)21)18(28,19(22,23)24)11-4-7-15-16(8-11)26(3)17(27)25(15)2;1-5-9-13-17(14-10-6-2,15-11-7-3)16-12-8-4;;;;/h4-10,28H,1-3H3;5-16H2,1-4H3;1H;3*1H2/q;+1;;;;/p-1. The van der Waals surface area contributed by atoms with Crippen LogP contribution in [0.1, 0.15) is 103 Å². The van der Waals surface area contributed by atoms with E-state index in [1.807, 2.05) is 0 Å². The van der Waals surface area contributed by atoms with Gasteiger partial charge in [0.2, 0.25) is 0 Å². The van der Waals surface area contributed by atoms with Crippen molar-refractivity contribution in [1.82, 2.24) is 9.13 Å². The summed E-state index contributed by atoms with van der Waals surface area (Å²) < 4.78 is 47.1. The van der Waals surface area contributed by atoms with Crippen LogP contribution in [0.3, 0.4) is 0 Å². The van der Waals surface area contributed by atoms with Crippen molar-refractivity contribution >= 4 is 38.6 Å². The van der Waals surface area contributed by atoms with E-state index in [2.05, 4.69) is 43.6 Å². The molecule has 0 aliphatic heterocycles. The lowest BCUT2D eigenvalue weighted by Crippen LogP contribution is -3.00. The smallest absolute Gasteiger partial charge is 0.422 e. The lowest BCUT2D eigenvalue weighted by molar-refractivity contribution is -0.929. The van der Waals surface area contributed by atoms with Crippen molar-refractivity contribution < 1.29 is 43.9 Å². The molecule has 0 amide bonds. The molecule has 7 N–H and O–H groups in total. The van der Waals surface area contributed by atoms with Crippen molar-refractivity contribution in [2.75, 3.05) is 26.2 Å². The monoisotopic (exact) mass is 791 g/mol. The Bertz CT molecular complexity index is 1400. The zero-order valence-corrected chi connectivity index (χ0v) is 32.3. The number of hydrogen-bond donors (Lipinski definition) is 1. The second kappa shape index (κ2) is 22.7. The van der Waals surface area contributed by atoms with Crippen LogP contribution in [-0.2, 0) is 19.7 Å². The number of fused-ring (bicyclic) bond motifs is 1. The van der Waals surface area contributed by atoms with Gasteiger partial charge in [-0.25, -0.2) is 4.79 Å². The molecule has 0 spiro atoms. The summed E-state index contributed by atoms with van der Waals surface area (Å²) in [6.07, 6.45) is 6.08. The number of aromatic nitrogens is 2. The van der Waals surface area contributed by atoms with Crippen molar-refractivity contribution in [1.29, 1.82) is 0 Å². The molecular weight excluding hydrogens is 734 g/mol. The first-order valence-electron chi connectivity index (χ1n) is 16.4.